The molecule has 3 heterocycles. The molecule has 228 valence electrons. The maximum atomic E-state index is 12.5. The molecule has 0 aromatic heterocycles. The van der Waals surface area contributed by atoms with Gasteiger partial charge in [-0.2, -0.15) is 0 Å². The van der Waals surface area contributed by atoms with Gasteiger partial charge in [-0.15, -0.1) is 13.2 Å². The summed E-state index contributed by atoms with van der Waals surface area (Å²) in [6.45, 7) is 5.66. The summed E-state index contributed by atoms with van der Waals surface area (Å²) in [5.74, 6) is 0.0232. The quantitative estimate of drug-likeness (QED) is 0.315. The van der Waals surface area contributed by atoms with Crippen LogP contribution in [-0.4, -0.2) is 73.8 Å². The highest BCUT2D eigenvalue weighted by Gasteiger charge is 2.33. The number of likely N-dealkylation sites (tertiary alicyclic amines) is 1. The standard InChI is InChI=1S/C29H37F3N6O4/c1-28(33-13-14-34-28)20-41-27-8-5-24(19-26(27)38(39)40)37-17-11-23(12-18-37)36-15-9-22(10-16-36)35(2)21-3-6-25(7-4-21)42-29(30,31)32/h3-8,13-14,19,22-23,33-34H,9-12,15-18,20H2,1-2H3. The Morgan fingerprint density at radius 1 is 1.02 bits per heavy atom. The van der Waals surface area contributed by atoms with E-state index in [0.717, 1.165) is 63.2 Å². The van der Waals surface area contributed by atoms with Crippen molar-refractivity contribution in [1.82, 2.24) is 15.5 Å². The number of nitrogens with zero attached hydrogens (tertiary/aromatic N) is 4. The highest BCUT2D eigenvalue weighted by Crippen LogP contribution is 2.34. The molecule has 2 aromatic rings. The lowest BCUT2D eigenvalue weighted by Gasteiger charge is -2.44. The van der Waals surface area contributed by atoms with Gasteiger partial charge >= 0.3 is 12.0 Å². The van der Waals surface area contributed by atoms with Gasteiger partial charge in [-0.1, -0.05) is 0 Å². The SMILES string of the molecule is CN(c1ccc(OC(F)(F)F)cc1)C1CCN(C2CCN(c3ccc(OCC4(C)NC=CN4)c([N+](=O)[O-])c3)CC2)CC1. The molecule has 10 nitrogen and oxygen atoms in total. The van der Waals surface area contributed by atoms with Crippen LogP contribution in [0.15, 0.2) is 54.9 Å². The zero-order valence-corrected chi connectivity index (χ0v) is 23.8. The van der Waals surface area contributed by atoms with Crippen LogP contribution in [0.2, 0.25) is 0 Å². The predicted molar refractivity (Wildman–Crippen MR) is 154 cm³/mol. The maximum Gasteiger partial charge on any atom is 0.573 e. The van der Waals surface area contributed by atoms with Crippen molar-refractivity contribution in [3.05, 3.63) is 65.0 Å². The van der Waals surface area contributed by atoms with Crippen LogP contribution in [0.25, 0.3) is 0 Å². The van der Waals surface area contributed by atoms with Crippen molar-refractivity contribution in [2.24, 2.45) is 0 Å². The van der Waals surface area contributed by atoms with Crippen LogP contribution in [0.5, 0.6) is 11.5 Å². The number of alkyl halides is 3. The molecule has 3 aliphatic rings. The van der Waals surface area contributed by atoms with Crippen LogP contribution in [0, 0.1) is 10.1 Å². The Balaban J connectivity index is 1.10. The Labute approximate surface area is 243 Å². The van der Waals surface area contributed by atoms with Crippen molar-refractivity contribution >= 4 is 17.1 Å². The van der Waals surface area contributed by atoms with Crippen molar-refractivity contribution < 1.29 is 27.6 Å². The molecule has 0 saturated carbocycles. The summed E-state index contributed by atoms with van der Waals surface area (Å²) in [5.41, 5.74) is 1.13. The number of hydrogen-bond donors (Lipinski definition) is 2. The molecule has 13 heteroatoms. The molecule has 0 bridgehead atoms. The molecule has 42 heavy (non-hydrogen) atoms. The molecular weight excluding hydrogens is 553 g/mol. The van der Waals surface area contributed by atoms with E-state index in [1.54, 1.807) is 36.7 Å². The number of piperidine rings is 2. The first-order valence-electron chi connectivity index (χ1n) is 14.2. The van der Waals surface area contributed by atoms with E-state index in [1.807, 2.05) is 20.0 Å². The number of ether oxygens (including phenoxy) is 2. The number of rotatable bonds is 9. The van der Waals surface area contributed by atoms with Crippen molar-refractivity contribution in [2.75, 3.05) is 49.6 Å². The predicted octanol–water partition coefficient (Wildman–Crippen LogP) is 4.82. The summed E-state index contributed by atoms with van der Waals surface area (Å²) in [5, 5.41) is 18.1. The van der Waals surface area contributed by atoms with E-state index in [-0.39, 0.29) is 23.8 Å². The van der Waals surface area contributed by atoms with E-state index < -0.39 is 16.9 Å². The molecule has 0 aliphatic carbocycles. The lowest BCUT2D eigenvalue weighted by molar-refractivity contribution is -0.385. The van der Waals surface area contributed by atoms with Crippen LogP contribution in [0.3, 0.4) is 0 Å². The zero-order valence-electron chi connectivity index (χ0n) is 23.8. The lowest BCUT2D eigenvalue weighted by atomic mass is 9.96. The minimum absolute atomic E-state index is 0.0436. The Morgan fingerprint density at radius 3 is 2.26 bits per heavy atom. The van der Waals surface area contributed by atoms with Gasteiger partial charge in [0.15, 0.2) is 5.75 Å². The largest absolute Gasteiger partial charge is 0.573 e. The highest BCUT2D eigenvalue weighted by atomic mass is 19.4. The van der Waals surface area contributed by atoms with Gasteiger partial charge in [0.2, 0.25) is 0 Å². The van der Waals surface area contributed by atoms with Gasteiger partial charge in [0, 0.05) is 75.2 Å². The van der Waals surface area contributed by atoms with Gasteiger partial charge in [0.1, 0.15) is 18.0 Å². The van der Waals surface area contributed by atoms with E-state index in [1.165, 1.54) is 12.1 Å². The summed E-state index contributed by atoms with van der Waals surface area (Å²) in [7, 11) is 1.98. The van der Waals surface area contributed by atoms with Crippen molar-refractivity contribution in [3.8, 4) is 11.5 Å². The number of nitro benzene ring substituents is 1. The average Bonchev–Trinajstić information content (AvgIpc) is 3.42. The molecule has 0 atom stereocenters. The normalized spacial score (nSPS) is 19.7. The second-order valence-corrected chi connectivity index (χ2v) is 11.3. The Hall–Kier alpha value is -3.87. The molecule has 2 saturated heterocycles. The molecule has 5 rings (SSSR count). The summed E-state index contributed by atoms with van der Waals surface area (Å²) < 4.78 is 47.2. The minimum Gasteiger partial charge on any atom is -0.482 e. The lowest BCUT2D eigenvalue weighted by Crippen LogP contribution is -2.51. The van der Waals surface area contributed by atoms with Crippen LogP contribution in [0.4, 0.5) is 30.2 Å². The van der Waals surface area contributed by atoms with Gasteiger partial charge < -0.3 is 34.8 Å². The van der Waals surface area contributed by atoms with Crippen LogP contribution in [0.1, 0.15) is 32.6 Å². The second kappa shape index (κ2) is 12.2. The first kappa shape index (κ1) is 29.6. The zero-order chi connectivity index (χ0) is 29.9. The molecule has 0 unspecified atom stereocenters. The third-order valence-electron chi connectivity index (χ3n) is 8.41. The number of nitro groups is 1. The Bertz CT molecular complexity index is 1250. The molecule has 3 aliphatic heterocycles. The first-order chi connectivity index (χ1) is 20.0. The number of halogens is 3. The number of benzene rings is 2. The molecule has 2 aromatic carbocycles. The van der Waals surface area contributed by atoms with Gasteiger partial charge in [-0.3, -0.25) is 10.1 Å². The smallest absolute Gasteiger partial charge is 0.482 e. The third-order valence-corrected chi connectivity index (χ3v) is 8.41. The minimum atomic E-state index is -4.70. The van der Waals surface area contributed by atoms with Crippen molar-refractivity contribution in [1.29, 1.82) is 0 Å². The summed E-state index contributed by atoms with van der Waals surface area (Å²) in [6, 6.07) is 11.9. The molecule has 0 amide bonds. The van der Waals surface area contributed by atoms with Crippen molar-refractivity contribution in [2.45, 2.75) is 56.7 Å². The fraction of sp³-hybridized carbons (Fsp3) is 0.517. The van der Waals surface area contributed by atoms with Gasteiger partial charge in [0.25, 0.3) is 0 Å². The summed E-state index contributed by atoms with van der Waals surface area (Å²) in [4.78, 5) is 18.3. The highest BCUT2D eigenvalue weighted by molar-refractivity contribution is 5.60. The molecule has 0 spiro atoms. The van der Waals surface area contributed by atoms with E-state index >= 15 is 0 Å². The van der Waals surface area contributed by atoms with Gasteiger partial charge in [-0.05, 0) is 69.0 Å². The summed E-state index contributed by atoms with van der Waals surface area (Å²) >= 11 is 0. The van der Waals surface area contributed by atoms with Crippen LogP contribution < -0.4 is 29.9 Å². The number of hydrogen-bond acceptors (Lipinski definition) is 9. The van der Waals surface area contributed by atoms with E-state index in [4.69, 9.17) is 4.74 Å². The van der Waals surface area contributed by atoms with Crippen LogP contribution in [-0.2, 0) is 0 Å². The average molecular weight is 591 g/mol. The van der Waals surface area contributed by atoms with Crippen molar-refractivity contribution in [3.63, 3.8) is 0 Å². The molecule has 0 radical (unpaired) electrons. The van der Waals surface area contributed by atoms with E-state index in [9.17, 15) is 23.3 Å². The van der Waals surface area contributed by atoms with Crippen LogP contribution >= 0.6 is 0 Å². The molecule has 2 N–H and O–H groups in total. The fourth-order valence-electron chi connectivity index (χ4n) is 5.99. The van der Waals surface area contributed by atoms with Gasteiger partial charge in [0.05, 0.1) is 4.92 Å². The topological polar surface area (TPSA) is 95.4 Å². The number of nitrogens with one attached hydrogen (secondary N) is 2. The van der Waals surface area contributed by atoms with Gasteiger partial charge in [-0.25, -0.2) is 0 Å². The van der Waals surface area contributed by atoms with E-state index in [2.05, 4.69) is 30.1 Å². The molecule has 2 fully saturated rings. The monoisotopic (exact) mass is 590 g/mol. The third kappa shape index (κ3) is 7.12. The van der Waals surface area contributed by atoms with E-state index in [0.29, 0.717) is 12.1 Å². The maximum absolute atomic E-state index is 12.5. The Morgan fingerprint density at radius 2 is 1.67 bits per heavy atom. The fourth-order valence-corrected chi connectivity index (χ4v) is 5.99. The summed E-state index contributed by atoms with van der Waals surface area (Å²) in [6.07, 6.45) is 2.71. The second-order valence-electron chi connectivity index (χ2n) is 11.3. The molecular formula is C29H37F3N6O4. The Kier molecular flexibility index (Phi) is 8.58. The first-order valence-corrected chi connectivity index (χ1v) is 14.2. The number of anilines is 2.